The monoisotopic (exact) mass is 318 g/mol. The van der Waals surface area contributed by atoms with Crippen molar-refractivity contribution in [2.75, 3.05) is 0 Å². The molecule has 0 aromatic heterocycles. The Kier molecular flexibility index (Phi) is 4.55. The van der Waals surface area contributed by atoms with Gasteiger partial charge in [-0.1, -0.05) is 18.9 Å². The summed E-state index contributed by atoms with van der Waals surface area (Å²) in [5, 5.41) is 20.6. The molecule has 1 aromatic carbocycles. The van der Waals surface area contributed by atoms with Crippen molar-refractivity contribution in [3.63, 3.8) is 0 Å². The first-order valence-corrected chi connectivity index (χ1v) is 7.94. The van der Waals surface area contributed by atoms with Gasteiger partial charge in [-0.05, 0) is 25.0 Å². The molecule has 0 spiro atoms. The summed E-state index contributed by atoms with van der Waals surface area (Å²) in [7, 11) is -4.28. The fraction of sp³-hybridized carbons (Fsp3) is 0.500. The van der Waals surface area contributed by atoms with E-state index in [0.29, 0.717) is 12.8 Å². The molecule has 21 heavy (non-hydrogen) atoms. The number of sulfonamides is 1. The number of rotatable bonds is 4. The highest BCUT2D eigenvalue weighted by Gasteiger charge is 2.33. The topological polar surface area (TPSA) is 110 Å². The van der Waals surface area contributed by atoms with Crippen LogP contribution in [0.4, 0.5) is 10.1 Å². The number of nitrogens with zero attached hydrogens (tertiary/aromatic N) is 1. The van der Waals surface area contributed by atoms with Crippen molar-refractivity contribution >= 4 is 15.7 Å². The number of hydrogen-bond donors (Lipinski definition) is 2. The number of hydrogen-bond acceptors (Lipinski definition) is 5. The molecule has 0 saturated heterocycles. The molecule has 1 fully saturated rings. The molecule has 2 rings (SSSR count). The van der Waals surface area contributed by atoms with Crippen LogP contribution in [0.3, 0.4) is 0 Å². The molecule has 1 aromatic rings. The first kappa shape index (κ1) is 15.8. The first-order chi connectivity index (χ1) is 9.83. The summed E-state index contributed by atoms with van der Waals surface area (Å²) in [6, 6.07) is 2.17. The lowest BCUT2D eigenvalue weighted by molar-refractivity contribution is -0.390. The maximum Gasteiger partial charge on any atom is 0.324 e. The molecule has 7 nitrogen and oxygen atoms in total. The number of aliphatic hydroxyl groups excluding tert-OH is 1. The minimum Gasteiger partial charge on any atom is -0.391 e. The molecule has 116 valence electrons. The normalized spacial score (nSPS) is 23.0. The molecule has 2 N–H and O–H groups in total. The maximum absolute atomic E-state index is 13.5. The van der Waals surface area contributed by atoms with Gasteiger partial charge < -0.3 is 5.11 Å². The second-order valence-electron chi connectivity index (χ2n) is 4.92. The van der Waals surface area contributed by atoms with E-state index in [9.17, 15) is 28.0 Å². The van der Waals surface area contributed by atoms with Gasteiger partial charge in [0.1, 0.15) is 0 Å². The number of halogens is 1. The highest BCUT2D eigenvalue weighted by Crippen LogP contribution is 2.28. The molecule has 0 aliphatic heterocycles. The van der Waals surface area contributed by atoms with Crippen LogP contribution in [0, 0.1) is 15.9 Å². The fourth-order valence-electron chi connectivity index (χ4n) is 2.40. The third-order valence-corrected chi connectivity index (χ3v) is 4.98. The number of nitrogens with one attached hydrogen (secondary N) is 1. The number of para-hydroxylation sites is 1. The summed E-state index contributed by atoms with van der Waals surface area (Å²) in [5.74, 6) is -1.22. The van der Waals surface area contributed by atoms with Crippen LogP contribution in [0.25, 0.3) is 0 Å². The molecule has 0 unspecified atom stereocenters. The standard InChI is InChI=1S/C12H15FN2O5S/c13-8-4-3-7-11(12(8)15(17)18)21(19,20)14-9-5-1-2-6-10(9)16/h3-4,7,9-10,14,16H,1-2,5-6H2/t9-,10-/m0/s1. The molecule has 0 radical (unpaired) electrons. The maximum atomic E-state index is 13.5. The number of nitro benzene ring substituents is 1. The van der Waals surface area contributed by atoms with E-state index in [2.05, 4.69) is 4.72 Å². The molecule has 9 heteroatoms. The van der Waals surface area contributed by atoms with E-state index < -0.39 is 43.5 Å². The van der Waals surface area contributed by atoms with E-state index in [-0.39, 0.29) is 0 Å². The van der Waals surface area contributed by atoms with Crippen LogP contribution >= 0.6 is 0 Å². The Balaban J connectivity index is 2.36. The smallest absolute Gasteiger partial charge is 0.324 e. The molecule has 0 heterocycles. The molecular formula is C12H15FN2O5S. The highest BCUT2D eigenvalue weighted by atomic mass is 32.2. The SMILES string of the molecule is O=[N+]([O-])c1c(F)cccc1S(=O)(=O)N[C@H]1CCCC[C@@H]1O. The van der Waals surface area contributed by atoms with E-state index in [4.69, 9.17) is 0 Å². The van der Waals surface area contributed by atoms with Crippen molar-refractivity contribution in [2.24, 2.45) is 0 Å². The van der Waals surface area contributed by atoms with E-state index in [1.807, 2.05) is 0 Å². The second kappa shape index (κ2) is 6.04. The van der Waals surface area contributed by atoms with Crippen molar-refractivity contribution < 1.29 is 22.8 Å². The lowest BCUT2D eigenvalue weighted by atomic mass is 9.93. The molecule has 0 amide bonds. The van der Waals surface area contributed by atoms with Gasteiger partial charge in [-0.2, -0.15) is 4.39 Å². The summed E-state index contributed by atoms with van der Waals surface area (Å²) in [6.45, 7) is 0. The number of nitro groups is 1. The van der Waals surface area contributed by atoms with Gasteiger partial charge in [-0.25, -0.2) is 13.1 Å². The molecule has 0 bridgehead atoms. The Bertz CT molecular complexity index is 649. The summed E-state index contributed by atoms with van der Waals surface area (Å²) < 4.78 is 40.2. The predicted octanol–water partition coefficient (Wildman–Crippen LogP) is 1.32. The molecular weight excluding hydrogens is 303 g/mol. The summed E-state index contributed by atoms with van der Waals surface area (Å²) in [4.78, 5) is 9.07. The van der Waals surface area contributed by atoms with Crippen LogP contribution in [0.5, 0.6) is 0 Å². The van der Waals surface area contributed by atoms with E-state index in [1.54, 1.807) is 0 Å². The Labute approximate surface area is 121 Å². The second-order valence-corrected chi connectivity index (χ2v) is 6.61. The molecule has 1 aliphatic carbocycles. The van der Waals surface area contributed by atoms with Crippen molar-refractivity contribution in [3.8, 4) is 0 Å². The minimum atomic E-state index is -4.28. The molecule has 2 atom stereocenters. The Morgan fingerprint density at radius 2 is 2.00 bits per heavy atom. The first-order valence-electron chi connectivity index (χ1n) is 6.46. The quantitative estimate of drug-likeness (QED) is 0.642. The highest BCUT2D eigenvalue weighted by molar-refractivity contribution is 7.89. The van der Waals surface area contributed by atoms with Crippen LogP contribution in [-0.4, -0.2) is 30.6 Å². The zero-order valence-corrected chi connectivity index (χ0v) is 11.8. The zero-order chi connectivity index (χ0) is 15.6. The molecule has 1 saturated carbocycles. The van der Waals surface area contributed by atoms with E-state index in [0.717, 1.165) is 31.0 Å². The van der Waals surface area contributed by atoms with Gasteiger partial charge in [0.2, 0.25) is 15.8 Å². The van der Waals surface area contributed by atoms with Gasteiger partial charge in [0.15, 0.2) is 4.90 Å². The predicted molar refractivity (Wildman–Crippen MR) is 71.6 cm³/mol. The van der Waals surface area contributed by atoms with E-state index in [1.165, 1.54) is 0 Å². The zero-order valence-electron chi connectivity index (χ0n) is 11.0. The van der Waals surface area contributed by atoms with Gasteiger partial charge in [0, 0.05) is 6.04 Å². The Hall–Kier alpha value is -1.58. The third kappa shape index (κ3) is 3.36. The number of benzene rings is 1. The fourth-order valence-corrected chi connectivity index (χ4v) is 3.89. The van der Waals surface area contributed by atoms with Crippen LogP contribution in [0.2, 0.25) is 0 Å². The molecule has 1 aliphatic rings. The van der Waals surface area contributed by atoms with Crippen LogP contribution in [0.15, 0.2) is 23.1 Å². The van der Waals surface area contributed by atoms with Crippen molar-refractivity contribution in [3.05, 3.63) is 34.1 Å². The Morgan fingerprint density at radius 1 is 1.33 bits per heavy atom. The van der Waals surface area contributed by atoms with Gasteiger partial charge in [-0.15, -0.1) is 0 Å². The van der Waals surface area contributed by atoms with Crippen molar-refractivity contribution in [2.45, 2.75) is 42.7 Å². The van der Waals surface area contributed by atoms with Crippen LogP contribution < -0.4 is 4.72 Å². The largest absolute Gasteiger partial charge is 0.391 e. The van der Waals surface area contributed by atoms with E-state index >= 15 is 0 Å². The van der Waals surface area contributed by atoms with Gasteiger partial charge in [0.05, 0.1) is 11.0 Å². The average Bonchev–Trinajstić information content (AvgIpc) is 2.40. The minimum absolute atomic E-state index is 0.434. The average molecular weight is 318 g/mol. The Morgan fingerprint density at radius 3 is 2.62 bits per heavy atom. The van der Waals surface area contributed by atoms with Gasteiger partial charge in [-0.3, -0.25) is 10.1 Å². The summed E-state index contributed by atoms with van der Waals surface area (Å²) in [5.41, 5.74) is -1.09. The lowest BCUT2D eigenvalue weighted by Gasteiger charge is -2.27. The third-order valence-electron chi connectivity index (χ3n) is 3.46. The van der Waals surface area contributed by atoms with Crippen LogP contribution in [-0.2, 0) is 10.0 Å². The number of aliphatic hydroxyl groups is 1. The lowest BCUT2D eigenvalue weighted by Crippen LogP contribution is -2.45. The summed E-state index contributed by atoms with van der Waals surface area (Å²) in [6.07, 6.45) is 1.58. The van der Waals surface area contributed by atoms with Gasteiger partial charge in [0.25, 0.3) is 0 Å². The van der Waals surface area contributed by atoms with Crippen LogP contribution in [0.1, 0.15) is 25.7 Å². The van der Waals surface area contributed by atoms with Gasteiger partial charge >= 0.3 is 5.69 Å². The summed E-state index contributed by atoms with van der Waals surface area (Å²) >= 11 is 0. The van der Waals surface area contributed by atoms with Crippen molar-refractivity contribution in [1.82, 2.24) is 4.72 Å². The van der Waals surface area contributed by atoms with Crippen molar-refractivity contribution in [1.29, 1.82) is 0 Å².